The Bertz CT molecular complexity index is 1260. The van der Waals surface area contributed by atoms with Gasteiger partial charge in [0.15, 0.2) is 0 Å². The van der Waals surface area contributed by atoms with Crippen LogP contribution in [0.1, 0.15) is 59.4 Å². The lowest BCUT2D eigenvalue weighted by Crippen LogP contribution is -2.37. The molecule has 2 aliphatic heterocycles. The molecule has 1 saturated heterocycles. The van der Waals surface area contributed by atoms with Gasteiger partial charge in [0.2, 0.25) is 0 Å². The highest BCUT2D eigenvalue weighted by atomic mass is 32.1. The maximum absolute atomic E-state index is 13.1. The van der Waals surface area contributed by atoms with E-state index in [0.29, 0.717) is 35.8 Å². The van der Waals surface area contributed by atoms with Crippen molar-refractivity contribution in [1.29, 1.82) is 0 Å². The number of aromatic nitrogens is 2. The van der Waals surface area contributed by atoms with Crippen LogP contribution in [0.15, 0.2) is 41.9 Å². The van der Waals surface area contributed by atoms with Crippen molar-refractivity contribution in [2.24, 2.45) is 0 Å². The molecule has 0 atom stereocenters. The van der Waals surface area contributed by atoms with Crippen LogP contribution in [-0.2, 0) is 0 Å². The summed E-state index contributed by atoms with van der Waals surface area (Å²) in [4.78, 5) is 37.4. The van der Waals surface area contributed by atoms with Crippen molar-refractivity contribution in [2.45, 2.75) is 38.5 Å². The van der Waals surface area contributed by atoms with E-state index in [1.807, 2.05) is 12.1 Å². The summed E-state index contributed by atoms with van der Waals surface area (Å²) < 4.78 is 6.03. The molecular formula is C28H34N6O3S. The molecule has 2 aliphatic rings. The predicted molar refractivity (Wildman–Crippen MR) is 150 cm³/mol. The van der Waals surface area contributed by atoms with Crippen LogP contribution in [0.4, 0.5) is 11.5 Å². The van der Waals surface area contributed by atoms with Crippen molar-refractivity contribution >= 4 is 34.7 Å². The Hall–Kier alpha value is -3.50. The molecule has 0 spiro atoms. The molecule has 38 heavy (non-hydrogen) atoms. The molecule has 200 valence electrons. The number of thiazole rings is 1. The lowest BCUT2D eigenvalue weighted by Gasteiger charge is -2.26. The largest absolute Gasteiger partial charge is 0.491 e. The fourth-order valence-corrected chi connectivity index (χ4v) is 5.46. The van der Waals surface area contributed by atoms with Gasteiger partial charge in [-0.05, 0) is 75.5 Å². The number of piperidine rings is 1. The molecule has 5 rings (SSSR count). The molecule has 3 aromatic rings. The summed E-state index contributed by atoms with van der Waals surface area (Å²) in [7, 11) is 0. The summed E-state index contributed by atoms with van der Waals surface area (Å²) in [5.74, 6) is 0.812. The zero-order chi connectivity index (χ0) is 26.2. The summed E-state index contributed by atoms with van der Waals surface area (Å²) in [5, 5.41) is 11.8. The van der Waals surface area contributed by atoms with Crippen molar-refractivity contribution in [1.82, 2.24) is 20.2 Å². The van der Waals surface area contributed by atoms with Gasteiger partial charge in [-0.25, -0.2) is 9.97 Å². The number of carbonyl (C=O) groups is 2. The van der Waals surface area contributed by atoms with Crippen molar-refractivity contribution in [3.63, 3.8) is 0 Å². The van der Waals surface area contributed by atoms with E-state index in [1.54, 1.807) is 29.8 Å². The lowest BCUT2D eigenvalue weighted by atomic mass is 10.1. The first kappa shape index (κ1) is 26.1. The molecule has 2 aromatic heterocycles. The minimum atomic E-state index is -0.350. The summed E-state index contributed by atoms with van der Waals surface area (Å²) in [6, 6.07) is 9.03. The molecule has 0 saturated carbocycles. The van der Waals surface area contributed by atoms with Gasteiger partial charge in [-0.15, -0.1) is 11.3 Å². The number of benzene rings is 1. The molecule has 1 aromatic carbocycles. The normalized spacial score (nSPS) is 16.8. The van der Waals surface area contributed by atoms with E-state index in [-0.39, 0.29) is 11.8 Å². The number of rotatable bonds is 4. The van der Waals surface area contributed by atoms with Gasteiger partial charge in [0.05, 0.1) is 12.3 Å². The average Bonchev–Trinajstić information content (AvgIpc) is 3.44. The summed E-state index contributed by atoms with van der Waals surface area (Å²) in [6.07, 6.45) is 8.32. The number of nitrogens with one attached hydrogen (secondary N) is 3. The van der Waals surface area contributed by atoms with Crippen LogP contribution in [0.25, 0.3) is 10.6 Å². The van der Waals surface area contributed by atoms with Crippen molar-refractivity contribution in [2.75, 3.05) is 50.0 Å². The predicted octanol–water partition coefficient (Wildman–Crippen LogP) is 4.65. The van der Waals surface area contributed by atoms with E-state index in [9.17, 15) is 9.59 Å². The number of pyridine rings is 1. The zero-order valence-electron chi connectivity index (χ0n) is 21.5. The van der Waals surface area contributed by atoms with Crippen LogP contribution >= 0.6 is 11.3 Å². The zero-order valence-corrected chi connectivity index (χ0v) is 22.3. The Morgan fingerprint density at radius 3 is 2.84 bits per heavy atom. The number of hydrogen-bond donors (Lipinski definition) is 3. The van der Waals surface area contributed by atoms with Gasteiger partial charge < -0.3 is 25.6 Å². The summed E-state index contributed by atoms with van der Waals surface area (Å²) in [6.45, 7) is 4.94. The maximum Gasteiger partial charge on any atom is 0.275 e. The van der Waals surface area contributed by atoms with Crippen LogP contribution in [0, 0.1) is 0 Å². The molecule has 9 nitrogen and oxygen atoms in total. The summed E-state index contributed by atoms with van der Waals surface area (Å²) in [5.41, 5.74) is 2.16. The minimum absolute atomic E-state index is 0.167. The number of amides is 2. The van der Waals surface area contributed by atoms with Gasteiger partial charge >= 0.3 is 0 Å². The number of fused-ring (bicyclic) bond motifs is 6. The third kappa shape index (κ3) is 6.87. The Morgan fingerprint density at radius 2 is 1.95 bits per heavy atom. The van der Waals surface area contributed by atoms with Gasteiger partial charge in [-0.3, -0.25) is 9.59 Å². The van der Waals surface area contributed by atoms with Crippen molar-refractivity contribution in [3.05, 3.63) is 53.2 Å². The van der Waals surface area contributed by atoms with Gasteiger partial charge in [-0.2, -0.15) is 0 Å². The molecule has 0 radical (unpaired) electrons. The molecule has 4 heterocycles. The van der Waals surface area contributed by atoms with Crippen LogP contribution in [-0.4, -0.2) is 66.0 Å². The molecule has 4 bridgehead atoms. The smallest absolute Gasteiger partial charge is 0.275 e. The average molecular weight is 535 g/mol. The molecule has 3 N–H and O–H groups in total. The maximum atomic E-state index is 13.1. The second kappa shape index (κ2) is 12.8. The van der Waals surface area contributed by atoms with Gasteiger partial charge in [0.25, 0.3) is 11.8 Å². The fourth-order valence-electron chi connectivity index (χ4n) is 4.67. The van der Waals surface area contributed by atoms with Crippen LogP contribution in [0.2, 0.25) is 0 Å². The highest BCUT2D eigenvalue weighted by molar-refractivity contribution is 7.13. The Balaban J connectivity index is 1.32. The standard InChI is InChI=1S/C28H34N6O3S/c35-26(31-12-15-34-13-4-2-5-14-34)20-7-8-24-22(17-20)32-27(36)23-19-38-28(33-23)21-9-11-30-25(18-21)29-10-3-1-6-16-37-24/h7-9,11,17-19H,1-6,10,12-16H2,(H,29,30)(H,31,35)(H,32,36). The first-order valence-corrected chi connectivity index (χ1v) is 14.3. The van der Waals surface area contributed by atoms with E-state index >= 15 is 0 Å². The minimum Gasteiger partial charge on any atom is -0.491 e. The number of carbonyl (C=O) groups excluding carboxylic acids is 2. The van der Waals surface area contributed by atoms with Crippen molar-refractivity contribution < 1.29 is 14.3 Å². The monoisotopic (exact) mass is 534 g/mol. The Morgan fingerprint density at radius 1 is 1.08 bits per heavy atom. The second-order valence-electron chi connectivity index (χ2n) is 9.63. The van der Waals surface area contributed by atoms with Gasteiger partial charge in [-0.1, -0.05) is 6.42 Å². The van der Waals surface area contributed by atoms with Crippen molar-refractivity contribution in [3.8, 4) is 16.3 Å². The van der Waals surface area contributed by atoms with E-state index in [1.165, 1.54) is 30.6 Å². The number of likely N-dealkylation sites (tertiary alicyclic amines) is 1. The topological polar surface area (TPSA) is 108 Å². The quantitative estimate of drug-likeness (QED) is 0.447. The third-order valence-corrected chi connectivity index (χ3v) is 7.67. The molecule has 0 aliphatic carbocycles. The number of anilines is 2. The first-order valence-electron chi connectivity index (χ1n) is 13.4. The van der Waals surface area contributed by atoms with Crippen LogP contribution in [0.3, 0.4) is 0 Å². The molecule has 1 fully saturated rings. The van der Waals surface area contributed by atoms with E-state index < -0.39 is 0 Å². The number of hydrogen-bond acceptors (Lipinski definition) is 8. The van der Waals surface area contributed by atoms with E-state index in [2.05, 4.69) is 30.8 Å². The van der Waals surface area contributed by atoms with E-state index in [0.717, 1.165) is 61.8 Å². The molecule has 0 unspecified atom stereocenters. The fraction of sp³-hybridized carbons (Fsp3) is 0.429. The molecule has 10 heteroatoms. The number of nitrogens with zero attached hydrogens (tertiary/aromatic N) is 3. The number of ether oxygens (including phenoxy) is 1. The van der Waals surface area contributed by atoms with Gasteiger partial charge in [0.1, 0.15) is 22.3 Å². The Labute approximate surface area is 227 Å². The third-order valence-electron chi connectivity index (χ3n) is 6.78. The SMILES string of the molecule is O=C(NCCN1CCCCC1)c1ccc2c(c1)NC(=O)c1csc(n1)-c1ccnc(c1)NCCCCCO2. The highest BCUT2D eigenvalue weighted by Crippen LogP contribution is 2.29. The highest BCUT2D eigenvalue weighted by Gasteiger charge is 2.18. The van der Waals surface area contributed by atoms with Gasteiger partial charge in [0, 0.05) is 42.3 Å². The molecule has 2 amide bonds. The summed E-state index contributed by atoms with van der Waals surface area (Å²) >= 11 is 1.40. The van der Waals surface area contributed by atoms with Crippen LogP contribution in [0.5, 0.6) is 5.75 Å². The van der Waals surface area contributed by atoms with Crippen LogP contribution < -0.4 is 20.7 Å². The molecular weight excluding hydrogens is 500 g/mol. The Kier molecular flexibility index (Phi) is 8.82. The first-order chi connectivity index (χ1) is 18.7. The lowest BCUT2D eigenvalue weighted by molar-refractivity contribution is 0.0945. The second-order valence-corrected chi connectivity index (χ2v) is 10.5. The van der Waals surface area contributed by atoms with E-state index in [4.69, 9.17) is 4.74 Å².